The number of alkyl halides is 2. The molecule has 0 heterocycles. The summed E-state index contributed by atoms with van der Waals surface area (Å²) in [4.78, 5) is 33.3. The molecule has 0 aromatic rings. The van der Waals surface area contributed by atoms with Crippen molar-refractivity contribution >= 4 is 64.4 Å². The van der Waals surface area contributed by atoms with Crippen LogP contribution in [0.3, 0.4) is 0 Å². The zero-order chi connectivity index (χ0) is 15.2. The number of hydrogen-bond acceptors (Lipinski definition) is 5. The first kappa shape index (κ1) is 19.1. The molecule has 0 saturated carbocycles. The lowest BCUT2D eigenvalue weighted by Crippen LogP contribution is -2.38. The highest BCUT2D eigenvalue weighted by Crippen LogP contribution is 2.23. The molecule has 0 aromatic carbocycles. The van der Waals surface area contributed by atoms with Gasteiger partial charge in [-0.25, -0.2) is 0 Å². The molecular formula is C11H15Br3O5. The summed E-state index contributed by atoms with van der Waals surface area (Å²) in [5.41, 5.74) is -1.12. The summed E-state index contributed by atoms with van der Waals surface area (Å²) in [7, 11) is 0. The lowest BCUT2D eigenvalue weighted by Gasteiger charge is -2.25. The Labute approximate surface area is 137 Å². The molecule has 0 aromatic heterocycles. The molecule has 0 fully saturated rings. The normalized spacial score (nSPS) is 16.9. The lowest BCUT2D eigenvalue weighted by atomic mass is 9.95. The van der Waals surface area contributed by atoms with Crippen molar-refractivity contribution in [3.8, 4) is 0 Å². The minimum atomic E-state index is -1.12. The molecular weight excluding hydrogens is 452 g/mol. The standard InChI is InChI=1S/C11H15Br3O5/c1-6(12)8(15)18-4-11(3,10(14)17)5-19-9(16)7(2)13/h6-7H,4-5H2,1-3H3. The first-order chi connectivity index (χ1) is 8.60. The fourth-order valence-electron chi connectivity index (χ4n) is 0.846. The Balaban J connectivity index is 4.55. The van der Waals surface area contributed by atoms with Gasteiger partial charge in [-0.3, -0.25) is 14.4 Å². The van der Waals surface area contributed by atoms with Crippen molar-refractivity contribution in [2.24, 2.45) is 5.41 Å². The topological polar surface area (TPSA) is 69.7 Å². The van der Waals surface area contributed by atoms with Crippen LogP contribution in [-0.4, -0.2) is 39.5 Å². The molecule has 0 rings (SSSR count). The SMILES string of the molecule is CC(Br)C(=O)OCC(C)(COC(=O)C(C)Br)C(=O)Br. The van der Waals surface area contributed by atoms with Gasteiger partial charge in [-0.15, -0.1) is 0 Å². The average molecular weight is 467 g/mol. The third kappa shape index (κ3) is 6.85. The van der Waals surface area contributed by atoms with Crippen LogP contribution in [0.1, 0.15) is 20.8 Å². The summed E-state index contributed by atoms with van der Waals surface area (Å²) in [6.45, 7) is 4.43. The van der Waals surface area contributed by atoms with E-state index in [1.165, 1.54) is 0 Å². The molecule has 0 saturated heterocycles. The highest BCUT2D eigenvalue weighted by Gasteiger charge is 2.35. The summed E-state index contributed by atoms with van der Waals surface area (Å²) >= 11 is 8.95. The van der Waals surface area contributed by atoms with E-state index in [-0.39, 0.29) is 13.2 Å². The van der Waals surface area contributed by atoms with Crippen LogP contribution in [0.5, 0.6) is 0 Å². The maximum absolute atomic E-state index is 11.5. The third-order valence-electron chi connectivity index (χ3n) is 2.19. The molecule has 0 N–H and O–H groups in total. The van der Waals surface area contributed by atoms with E-state index in [1.807, 2.05) is 0 Å². The average Bonchev–Trinajstić information content (AvgIpc) is 2.32. The summed E-state index contributed by atoms with van der Waals surface area (Å²) < 4.78 is 9.57. The van der Waals surface area contributed by atoms with Gasteiger partial charge in [0.2, 0.25) is 4.69 Å². The van der Waals surface area contributed by atoms with Crippen LogP contribution in [0.4, 0.5) is 0 Å². The smallest absolute Gasteiger partial charge is 0.319 e. The van der Waals surface area contributed by atoms with Gasteiger partial charge in [0.25, 0.3) is 0 Å². The Morgan fingerprint density at radius 1 is 1.00 bits per heavy atom. The number of carbonyl (C=O) groups excluding carboxylic acids is 3. The first-order valence-corrected chi connectivity index (χ1v) is 8.04. The van der Waals surface area contributed by atoms with Gasteiger partial charge in [-0.2, -0.15) is 0 Å². The predicted molar refractivity (Wildman–Crippen MR) is 80.7 cm³/mol. The summed E-state index contributed by atoms with van der Waals surface area (Å²) in [5, 5.41) is 0. The minimum absolute atomic E-state index is 0.171. The van der Waals surface area contributed by atoms with Gasteiger partial charge in [0.05, 0.1) is 0 Å². The number of halogens is 3. The molecule has 0 aliphatic rings. The van der Waals surface area contributed by atoms with E-state index in [9.17, 15) is 14.4 Å². The second-order valence-corrected chi connectivity index (χ2v) is 7.75. The Kier molecular flexibility index (Phi) is 8.38. The van der Waals surface area contributed by atoms with E-state index in [0.717, 1.165) is 0 Å². The van der Waals surface area contributed by atoms with Crippen LogP contribution in [0.15, 0.2) is 0 Å². The monoisotopic (exact) mass is 464 g/mol. The molecule has 0 aliphatic carbocycles. The van der Waals surface area contributed by atoms with Crippen molar-refractivity contribution < 1.29 is 23.9 Å². The fraction of sp³-hybridized carbons (Fsp3) is 0.727. The summed E-state index contributed by atoms with van der Waals surface area (Å²) in [5.74, 6) is -0.972. The van der Waals surface area contributed by atoms with Gasteiger partial charge in [0.15, 0.2) is 0 Å². The molecule has 19 heavy (non-hydrogen) atoms. The number of ether oxygens (including phenoxy) is 2. The molecule has 5 nitrogen and oxygen atoms in total. The van der Waals surface area contributed by atoms with E-state index in [4.69, 9.17) is 9.47 Å². The lowest BCUT2D eigenvalue weighted by molar-refractivity contribution is -0.153. The number of carbonyl (C=O) groups is 3. The van der Waals surface area contributed by atoms with Crippen molar-refractivity contribution in [2.45, 2.75) is 30.4 Å². The largest absolute Gasteiger partial charge is 0.464 e. The molecule has 0 aliphatic heterocycles. The van der Waals surface area contributed by atoms with Crippen LogP contribution >= 0.6 is 47.8 Å². The van der Waals surface area contributed by atoms with E-state index >= 15 is 0 Å². The second-order valence-electron chi connectivity index (χ2n) is 4.28. The molecule has 2 atom stereocenters. The quantitative estimate of drug-likeness (QED) is 0.327. The number of rotatable bonds is 7. The molecule has 0 bridgehead atoms. The molecule has 110 valence electrons. The Bertz CT molecular complexity index is 330. The van der Waals surface area contributed by atoms with Crippen molar-refractivity contribution in [3.05, 3.63) is 0 Å². The number of esters is 2. The van der Waals surface area contributed by atoms with Gasteiger partial charge in [0.1, 0.15) is 28.3 Å². The summed E-state index contributed by atoms with van der Waals surface area (Å²) in [6, 6.07) is 0. The molecule has 2 unspecified atom stereocenters. The second kappa shape index (κ2) is 8.36. The van der Waals surface area contributed by atoms with E-state index in [2.05, 4.69) is 47.8 Å². The fourth-order valence-corrected chi connectivity index (χ4v) is 1.34. The zero-order valence-corrected chi connectivity index (χ0v) is 15.5. The van der Waals surface area contributed by atoms with Gasteiger partial charge < -0.3 is 9.47 Å². The molecule has 0 amide bonds. The van der Waals surface area contributed by atoms with E-state index < -0.39 is 31.7 Å². The van der Waals surface area contributed by atoms with E-state index in [0.29, 0.717) is 0 Å². The molecule has 8 heteroatoms. The highest BCUT2D eigenvalue weighted by molar-refractivity contribution is 9.18. The summed E-state index contributed by atoms with van der Waals surface area (Å²) in [6.07, 6.45) is 0. The predicted octanol–water partition coefficient (Wildman–Crippen LogP) is 2.57. The van der Waals surface area contributed by atoms with Gasteiger partial charge >= 0.3 is 11.9 Å². The highest BCUT2D eigenvalue weighted by atomic mass is 79.9. The van der Waals surface area contributed by atoms with E-state index in [1.54, 1.807) is 20.8 Å². The maximum atomic E-state index is 11.5. The number of hydrogen-bond donors (Lipinski definition) is 0. The molecule has 0 radical (unpaired) electrons. The van der Waals surface area contributed by atoms with Crippen molar-refractivity contribution in [1.29, 1.82) is 0 Å². The Morgan fingerprint density at radius 3 is 1.53 bits per heavy atom. The molecule has 0 spiro atoms. The van der Waals surface area contributed by atoms with Crippen LogP contribution in [0, 0.1) is 5.41 Å². The first-order valence-electron chi connectivity index (χ1n) is 5.41. The van der Waals surface area contributed by atoms with Crippen molar-refractivity contribution in [1.82, 2.24) is 0 Å². The van der Waals surface area contributed by atoms with Crippen LogP contribution in [0.25, 0.3) is 0 Å². The van der Waals surface area contributed by atoms with Gasteiger partial charge in [0, 0.05) is 0 Å². The Hall–Kier alpha value is 0.0500. The Morgan fingerprint density at radius 2 is 1.32 bits per heavy atom. The maximum Gasteiger partial charge on any atom is 0.319 e. The van der Waals surface area contributed by atoms with Crippen molar-refractivity contribution in [2.75, 3.05) is 13.2 Å². The van der Waals surface area contributed by atoms with Gasteiger partial charge in [-0.1, -0.05) is 31.9 Å². The zero-order valence-electron chi connectivity index (χ0n) is 10.7. The van der Waals surface area contributed by atoms with Crippen LogP contribution in [-0.2, 0) is 23.9 Å². The minimum Gasteiger partial charge on any atom is -0.464 e. The van der Waals surface area contributed by atoms with Crippen LogP contribution in [0.2, 0.25) is 0 Å². The third-order valence-corrected chi connectivity index (χ3v) is 3.89. The van der Waals surface area contributed by atoms with Gasteiger partial charge in [-0.05, 0) is 36.7 Å². The van der Waals surface area contributed by atoms with Crippen molar-refractivity contribution in [3.63, 3.8) is 0 Å². The van der Waals surface area contributed by atoms with Crippen LogP contribution < -0.4 is 0 Å².